The van der Waals surface area contributed by atoms with E-state index in [1.54, 1.807) is 0 Å². The van der Waals surface area contributed by atoms with Crippen LogP contribution in [-0.2, 0) is 4.79 Å². The SMILES string of the molecule is Cc1c(SCl)cccc1N1CCCC1=O. The second kappa shape index (κ2) is 4.45. The fraction of sp³-hybridized carbons (Fsp3) is 0.364. The molecule has 1 aliphatic rings. The van der Waals surface area contributed by atoms with Crippen molar-refractivity contribution in [3.63, 3.8) is 0 Å². The highest BCUT2D eigenvalue weighted by molar-refractivity contribution is 8.21. The summed E-state index contributed by atoms with van der Waals surface area (Å²) in [5, 5.41) is 0. The van der Waals surface area contributed by atoms with E-state index < -0.39 is 0 Å². The lowest BCUT2D eigenvalue weighted by Gasteiger charge is -2.19. The number of rotatable bonds is 2. The second-order valence-electron chi connectivity index (χ2n) is 3.63. The molecule has 2 nitrogen and oxygen atoms in total. The molecule has 0 saturated carbocycles. The van der Waals surface area contributed by atoms with E-state index in [-0.39, 0.29) is 5.91 Å². The third-order valence-electron chi connectivity index (χ3n) is 2.70. The molecule has 1 aromatic carbocycles. The van der Waals surface area contributed by atoms with Crippen molar-refractivity contribution in [1.29, 1.82) is 0 Å². The van der Waals surface area contributed by atoms with Gasteiger partial charge in [-0.2, -0.15) is 0 Å². The van der Waals surface area contributed by atoms with Gasteiger partial charge in [-0.3, -0.25) is 4.79 Å². The zero-order chi connectivity index (χ0) is 10.8. The molecular formula is C11H12ClNOS. The standard InChI is InChI=1S/C11H12ClNOS/c1-8-9(4-2-5-10(8)15-12)13-7-3-6-11(13)14/h2,4-5H,3,6-7H2,1H3. The van der Waals surface area contributed by atoms with E-state index in [9.17, 15) is 4.79 Å². The fourth-order valence-corrected chi connectivity index (χ4v) is 2.73. The van der Waals surface area contributed by atoms with Crippen molar-refractivity contribution in [3.8, 4) is 0 Å². The van der Waals surface area contributed by atoms with Crippen LogP contribution in [0.15, 0.2) is 23.1 Å². The molecule has 1 saturated heterocycles. The van der Waals surface area contributed by atoms with Crippen LogP contribution in [0.2, 0.25) is 0 Å². The summed E-state index contributed by atoms with van der Waals surface area (Å²) in [5.41, 5.74) is 2.09. The molecule has 0 atom stereocenters. The molecule has 0 radical (unpaired) electrons. The zero-order valence-electron chi connectivity index (χ0n) is 8.50. The third-order valence-corrected chi connectivity index (χ3v) is 3.81. The van der Waals surface area contributed by atoms with Crippen molar-refractivity contribution < 1.29 is 4.79 Å². The van der Waals surface area contributed by atoms with Crippen LogP contribution in [0.5, 0.6) is 0 Å². The summed E-state index contributed by atoms with van der Waals surface area (Å²) in [6, 6.07) is 5.89. The number of anilines is 1. The van der Waals surface area contributed by atoms with Gasteiger partial charge >= 0.3 is 0 Å². The fourth-order valence-electron chi connectivity index (χ4n) is 1.88. The van der Waals surface area contributed by atoms with E-state index in [1.807, 2.05) is 30.0 Å². The Kier molecular flexibility index (Phi) is 3.22. The maximum absolute atomic E-state index is 11.6. The highest BCUT2D eigenvalue weighted by atomic mass is 35.7. The van der Waals surface area contributed by atoms with Gasteiger partial charge < -0.3 is 4.90 Å². The molecule has 0 aliphatic carbocycles. The second-order valence-corrected chi connectivity index (χ2v) is 4.68. The lowest BCUT2D eigenvalue weighted by molar-refractivity contribution is -0.117. The van der Waals surface area contributed by atoms with Crippen LogP contribution >= 0.6 is 21.7 Å². The number of hydrogen-bond donors (Lipinski definition) is 0. The number of nitrogens with zero attached hydrogens (tertiary/aromatic N) is 1. The Morgan fingerprint density at radius 3 is 2.87 bits per heavy atom. The van der Waals surface area contributed by atoms with Crippen molar-refractivity contribution >= 4 is 33.3 Å². The lowest BCUT2D eigenvalue weighted by atomic mass is 10.2. The molecule has 1 fully saturated rings. The highest BCUT2D eigenvalue weighted by Gasteiger charge is 2.23. The van der Waals surface area contributed by atoms with Crippen LogP contribution in [0.1, 0.15) is 18.4 Å². The summed E-state index contributed by atoms with van der Waals surface area (Å²) in [4.78, 5) is 14.5. The van der Waals surface area contributed by atoms with Crippen molar-refractivity contribution in [1.82, 2.24) is 0 Å². The van der Waals surface area contributed by atoms with Crippen LogP contribution in [0, 0.1) is 6.92 Å². The molecule has 1 aromatic rings. The predicted molar refractivity (Wildman–Crippen MR) is 64.5 cm³/mol. The van der Waals surface area contributed by atoms with E-state index >= 15 is 0 Å². The normalized spacial score (nSPS) is 16.1. The lowest BCUT2D eigenvalue weighted by Crippen LogP contribution is -2.24. The molecule has 4 heteroatoms. The van der Waals surface area contributed by atoms with Gasteiger partial charge in [0.05, 0.1) is 0 Å². The van der Waals surface area contributed by atoms with Gasteiger partial charge in [-0.25, -0.2) is 0 Å². The minimum absolute atomic E-state index is 0.217. The molecule has 0 bridgehead atoms. The average Bonchev–Trinajstić information content (AvgIpc) is 2.65. The Labute approximate surface area is 98.1 Å². The van der Waals surface area contributed by atoms with Crippen LogP contribution in [0.3, 0.4) is 0 Å². The molecule has 1 aliphatic heterocycles. The maximum Gasteiger partial charge on any atom is 0.227 e. The van der Waals surface area contributed by atoms with Gasteiger partial charge in [0.2, 0.25) is 5.91 Å². The van der Waals surface area contributed by atoms with E-state index in [4.69, 9.17) is 10.7 Å². The van der Waals surface area contributed by atoms with E-state index in [1.165, 1.54) is 11.0 Å². The maximum atomic E-state index is 11.6. The summed E-state index contributed by atoms with van der Waals surface area (Å²) in [6.07, 6.45) is 1.62. The first-order valence-electron chi connectivity index (χ1n) is 4.92. The molecule has 0 aromatic heterocycles. The number of hydrogen-bond acceptors (Lipinski definition) is 2. The van der Waals surface area contributed by atoms with E-state index in [2.05, 4.69) is 0 Å². The summed E-state index contributed by atoms with van der Waals surface area (Å²) in [7, 11) is 6.96. The number of benzene rings is 1. The van der Waals surface area contributed by atoms with Crippen molar-refractivity contribution in [2.45, 2.75) is 24.7 Å². The molecule has 80 valence electrons. The Balaban J connectivity index is 2.39. The number of amides is 1. The average molecular weight is 242 g/mol. The van der Waals surface area contributed by atoms with Gasteiger partial charge in [0.15, 0.2) is 0 Å². The van der Waals surface area contributed by atoms with Gasteiger partial charge in [-0.05, 0) is 52.7 Å². The van der Waals surface area contributed by atoms with E-state index in [0.29, 0.717) is 6.42 Å². The molecule has 15 heavy (non-hydrogen) atoms. The Bertz CT molecular complexity index is 394. The van der Waals surface area contributed by atoms with Crippen molar-refractivity contribution in [2.24, 2.45) is 0 Å². The summed E-state index contributed by atoms with van der Waals surface area (Å²) >= 11 is 0. The molecule has 0 N–H and O–H groups in total. The summed E-state index contributed by atoms with van der Waals surface area (Å²) in [5.74, 6) is 0.217. The van der Waals surface area contributed by atoms with Crippen molar-refractivity contribution in [2.75, 3.05) is 11.4 Å². The van der Waals surface area contributed by atoms with Crippen LogP contribution in [0.25, 0.3) is 0 Å². The summed E-state index contributed by atoms with van der Waals surface area (Å²) < 4.78 is 0. The minimum Gasteiger partial charge on any atom is -0.312 e. The third kappa shape index (κ3) is 1.99. The van der Waals surface area contributed by atoms with Gasteiger partial charge in [-0.1, -0.05) is 6.07 Å². The molecular weight excluding hydrogens is 230 g/mol. The minimum atomic E-state index is 0.217. The first-order valence-corrected chi connectivity index (χ1v) is 6.57. The topological polar surface area (TPSA) is 20.3 Å². The van der Waals surface area contributed by atoms with Crippen LogP contribution in [0.4, 0.5) is 5.69 Å². The molecule has 0 unspecified atom stereocenters. The van der Waals surface area contributed by atoms with Gasteiger partial charge in [-0.15, -0.1) is 0 Å². The highest BCUT2D eigenvalue weighted by Crippen LogP contribution is 2.33. The Hall–Kier alpha value is -0.670. The van der Waals surface area contributed by atoms with E-state index in [0.717, 1.165) is 29.1 Å². The first-order chi connectivity index (χ1) is 7.24. The zero-order valence-corrected chi connectivity index (χ0v) is 10.1. The van der Waals surface area contributed by atoms with Gasteiger partial charge in [0.25, 0.3) is 0 Å². The molecule has 1 amide bonds. The van der Waals surface area contributed by atoms with Crippen molar-refractivity contribution in [3.05, 3.63) is 23.8 Å². The Morgan fingerprint density at radius 1 is 1.47 bits per heavy atom. The first kappa shape index (κ1) is 10.8. The quantitative estimate of drug-likeness (QED) is 0.791. The number of halogens is 1. The molecule has 2 rings (SSSR count). The monoisotopic (exact) mass is 241 g/mol. The Morgan fingerprint density at radius 2 is 2.27 bits per heavy atom. The largest absolute Gasteiger partial charge is 0.312 e. The molecule has 0 spiro atoms. The predicted octanol–water partition coefficient (Wildman–Crippen LogP) is 3.37. The number of carbonyl (C=O) groups is 1. The van der Waals surface area contributed by atoms with Gasteiger partial charge in [0.1, 0.15) is 0 Å². The van der Waals surface area contributed by atoms with Crippen LogP contribution < -0.4 is 4.90 Å². The molecule has 1 heterocycles. The summed E-state index contributed by atoms with van der Waals surface area (Å²) in [6.45, 7) is 2.84. The smallest absolute Gasteiger partial charge is 0.227 e. The van der Waals surface area contributed by atoms with Gasteiger partial charge in [0, 0.05) is 23.5 Å². The van der Waals surface area contributed by atoms with Crippen LogP contribution in [-0.4, -0.2) is 12.5 Å². The number of carbonyl (C=O) groups excluding carboxylic acids is 1.